The maximum absolute atomic E-state index is 12.8. The van der Waals surface area contributed by atoms with Gasteiger partial charge in [0, 0.05) is 11.3 Å². The predicted octanol–water partition coefficient (Wildman–Crippen LogP) is 5.58. The topological polar surface area (TPSA) is 70.2 Å². The molecule has 0 bridgehead atoms. The number of methoxy groups -OCH3 is 1. The number of para-hydroxylation sites is 1. The summed E-state index contributed by atoms with van der Waals surface area (Å²) < 4.78 is 13.4. The smallest absolute Gasteiger partial charge is 0.196 e. The number of carbonyl (C=O) groups excluding carboxylic acids is 1. The number of halogens is 1. The van der Waals surface area contributed by atoms with Crippen LogP contribution >= 0.6 is 27.7 Å². The van der Waals surface area contributed by atoms with Crippen LogP contribution in [0.1, 0.15) is 16.1 Å². The first kappa shape index (κ1) is 20.4. The Kier molecular flexibility index (Phi) is 6.06. The van der Waals surface area contributed by atoms with Crippen LogP contribution in [0.3, 0.4) is 0 Å². The molecule has 152 valence electrons. The Morgan fingerprint density at radius 2 is 1.97 bits per heavy atom. The van der Waals surface area contributed by atoms with Gasteiger partial charge < -0.3 is 9.15 Å². The van der Waals surface area contributed by atoms with Gasteiger partial charge in [-0.3, -0.25) is 9.36 Å². The van der Waals surface area contributed by atoms with Gasteiger partial charge in [0.25, 0.3) is 0 Å². The predicted molar refractivity (Wildman–Crippen MR) is 120 cm³/mol. The highest BCUT2D eigenvalue weighted by molar-refractivity contribution is 9.10. The highest BCUT2D eigenvalue weighted by Crippen LogP contribution is 2.31. The number of rotatable bonds is 7. The highest BCUT2D eigenvalue weighted by Gasteiger charge is 2.20. The lowest BCUT2D eigenvalue weighted by molar-refractivity contribution is 0.102. The van der Waals surface area contributed by atoms with Gasteiger partial charge in [0.15, 0.2) is 16.8 Å². The molecule has 0 amide bonds. The van der Waals surface area contributed by atoms with Gasteiger partial charge in [-0.1, -0.05) is 30.0 Å². The van der Waals surface area contributed by atoms with E-state index in [1.807, 2.05) is 47.9 Å². The summed E-state index contributed by atoms with van der Waals surface area (Å²) in [6.45, 7) is 1.89. The van der Waals surface area contributed by atoms with Gasteiger partial charge in [-0.25, -0.2) is 0 Å². The monoisotopic (exact) mass is 483 g/mol. The Bertz CT molecular complexity index is 1190. The summed E-state index contributed by atoms with van der Waals surface area (Å²) in [5, 5.41) is 9.37. The van der Waals surface area contributed by atoms with Crippen molar-refractivity contribution in [3.8, 4) is 22.8 Å². The van der Waals surface area contributed by atoms with E-state index >= 15 is 0 Å². The number of carbonyl (C=O) groups is 1. The van der Waals surface area contributed by atoms with Crippen molar-refractivity contribution in [1.29, 1.82) is 0 Å². The van der Waals surface area contributed by atoms with Crippen LogP contribution in [0.4, 0.5) is 0 Å². The lowest BCUT2D eigenvalue weighted by Crippen LogP contribution is -2.05. The van der Waals surface area contributed by atoms with Gasteiger partial charge in [0.2, 0.25) is 0 Å². The van der Waals surface area contributed by atoms with Gasteiger partial charge >= 0.3 is 0 Å². The molecule has 4 rings (SSSR count). The third-order valence-electron chi connectivity index (χ3n) is 4.55. The Morgan fingerprint density at radius 3 is 2.63 bits per heavy atom. The normalized spacial score (nSPS) is 10.9. The van der Waals surface area contributed by atoms with Crippen molar-refractivity contribution in [2.24, 2.45) is 0 Å². The minimum absolute atomic E-state index is 0.00740. The second kappa shape index (κ2) is 8.89. The van der Waals surface area contributed by atoms with E-state index in [0.29, 0.717) is 22.3 Å². The van der Waals surface area contributed by atoms with Crippen molar-refractivity contribution in [3.63, 3.8) is 0 Å². The average Bonchev–Trinajstić information content (AvgIpc) is 3.38. The van der Waals surface area contributed by atoms with Crippen LogP contribution in [-0.2, 0) is 0 Å². The molecular formula is C22H18BrN3O3S. The van der Waals surface area contributed by atoms with Crippen LogP contribution in [0.25, 0.3) is 17.1 Å². The number of furan rings is 1. The number of Topliss-reactive ketones (excluding diaryl/α,β-unsaturated/α-hetero) is 1. The van der Waals surface area contributed by atoms with Crippen molar-refractivity contribution < 1.29 is 13.9 Å². The van der Waals surface area contributed by atoms with E-state index in [2.05, 4.69) is 26.1 Å². The fraction of sp³-hybridized carbons (Fsp3) is 0.136. The minimum atomic E-state index is -0.00740. The standard InChI is InChI=1S/C22H18BrN3O3S/c1-14-17(10-11-29-14)21-24-25-22(26(21)16-6-4-3-5-7-16)30-13-19(27)15-8-9-20(28-2)18(23)12-15/h3-12H,13H2,1-2H3. The molecule has 30 heavy (non-hydrogen) atoms. The zero-order valence-electron chi connectivity index (χ0n) is 16.3. The highest BCUT2D eigenvalue weighted by atomic mass is 79.9. The number of benzene rings is 2. The molecule has 0 aliphatic carbocycles. The number of aromatic nitrogens is 3. The van der Waals surface area contributed by atoms with E-state index in [1.54, 1.807) is 31.6 Å². The van der Waals surface area contributed by atoms with Crippen molar-refractivity contribution in [2.45, 2.75) is 12.1 Å². The van der Waals surface area contributed by atoms with Crippen LogP contribution in [0.15, 0.2) is 74.9 Å². The first-order valence-corrected chi connectivity index (χ1v) is 10.9. The third kappa shape index (κ3) is 4.06. The van der Waals surface area contributed by atoms with E-state index in [9.17, 15) is 4.79 Å². The van der Waals surface area contributed by atoms with Crippen molar-refractivity contribution in [2.75, 3.05) is 12.9 Å². The van der Waals surface area contributed by atoms with Crippen LogP contribution in [0.5, 0.6) is 5.75 Å². The molecule has 4 aromatic rings. The van der Waals surface area contributed by atoms with Gasteiger partial charge in [-0.15, -0.1) is 10.2 Å². The summed E-state index contributed by atoms with van der Waals surface area (Å²) in [6.07, 6.45) is 1.63. The molecule has 0 unspecified atom stereocenters. The average molecular weight is 484 g/mol. The molecule has 0 atom stereocenters. The van der Waals surface area contributed by atoms with E-state index in [-0.39, 0.29) is 11.5 Å². The van der Waals surface area contributed by atoms with Crippen molar-refractivity contribution >= 4 is 33.5 Å². The zero-order valence-corrected chi connectivity index (χ0v) is 18.7. The van der Waals surface area contributed by atoms with Gasteiger partial charge in [-0.05, 0) is 59.3 Å². The molecule has 0 aliphatic rings. The Morgan fingerprint density at radius 1 is 1.17 bits per heavy atom. The molecular weight excluding hydrogens is 466 g/mol. The van der Waals surface area contributed by atoms with E-state index in [1.165, 1.54) is 11.8 Å². The Hall–Kier alpha value is -2.84. The first-order chi connectivity index (χ1) is 14.6. The Balaban J connectivity index is 1.63. The number of thioether (sulfide) groups is 1. The zero-order chi connectivity index (χ0) is 21.1. The summed E-state index contributed by atoms with van der Waals surface area (Å²) in [6, 6.07) is 17.0. The van der Waals surface area contributed by atoms with E-state index in [0.717, 1.165) is 21.5 Å². The van der Waals surface area contributed by atoms with Crippen molar-refractivity contribution in [3.05, 3.63) is 76.7 Å². The molecule has 6 nitrogen and oxygen atoms in total. The maximum atomic E-state index is 12.8. The molecule has 2 aromatic carbocycles. The number of ketones is 1. The molecule has 2 aromatic heterocycles. The first-order valence-electron chi connectivity index (χ1n) is 9.13. The SMILES string of the molecule is COc1ccc(C(=O)CSc2nnc(-c3ccoc3C)n2-c2ccccc2)cc1Br. The lowest BCUT2D eigenvalue weighted by Gasteiger charge is -2.10. The second-order valence-corrected chi connectivity index (χ2v) is 8.23. The molecule has 0 fully saturated rings. The van der Waals surface area contributed by atoms with Crippen LogP contribution in [-0.4, -0.2) is 33.4 Å². The largest absolute Gasteiger partial charge is 0.496 e. The molecule has 0 aliphatic heterocycles. The lowest BCUT2D eigenvalue weighted by atomic mass is 10.1. The van der Waals surface area contributed by atoms with Crippen LogP contribution in [0, 0.1) is 6.92 Å². The Labute approximate surface area is 186 Å². The number of nitrogens with zero attached hydrogens (tertiary/aromatic N) is 3. The molecule has 0 saturated carbocycles. The van der Waals surface area contributed by atoms with Crippen molar-refractivity contribution in [1.82, 2.24) is 14.8 Å². The van der Waals surface area contributed by atoms with Gasteiger partial charge in [0.05, 0.1) is 29.2 Å². The summed E-state index contributed by atoms with van der Waals surface area (Å²) >= 11 is 4.77. The quantitative estimate of drug-likeness (QED) is 0.252. The molecule has 8 heteroatoms. The van der Waals surface area contributed by atoms with E-state index < -0.39 is 0 Å². The second-order valence-electron chi connectivity index (χ2n) is 6.43. The summed E-state index contributed by atoms with van der Waals surface area (Å²) in [5.74, 6) is 2.34. The number of ether oxygens (including phenoxy) is 1. The minimum Gasteiger partial charge on any atom is -0.496 e. The van der Waals surface area contributed by atoms with Gasteiger partial charge in [-0.2, -0.15) is 0 Å². The molecule has 0 spiro atoms. The molecule has 0 radical (unpaired) electrons. The number of hydrogen-bond acceptors (Lipinski definition) is 6. The third-order valence-corrected chi connectivity index (χ3v) is 6.10. The molecule has 0 N–H and O–H groups in total. The van der Waals surface area contributed by atoms with E-state index in [4.69, 9.17) is 9.15 Å². The number of aryl methyl sites for hydroxylation is 1. The van der Waals surface area contributed by atoms with Crippen LogP contribution < -0.4 is 4.74 Å². The fourth-order valence-corrected chi connectivity index (χ4v) is 4.40. The summed E-state index contributed by atoms with van der Waals surface area (Å²) in [5.41, 5.74) is 2.38. The molecule has 2 heterocycles. The summed E-state index contributed by atoms with van der Waals surface area (Å²) in [4.78, 5) is 12.8. The van der Waals surface area contributed by atoms with Crippen LogP contribution in [0.2, 0.25) is 0 Å². The maximum Gasteiger partial charge on any atom is 0.196 e. The summed E-state index contributed by atoms with van der Waals surface area (Å²) in [7, 11) is 1.59. The van der Waals surface area contributed by atoms with Gasteiger partial charge in [0.1, 0.15) is 11.5 Å². The number of hydrogen-bond donors (Lipinski definition) is 0. The molecule has 0 saturated heterocycles. The fourth-order valence-electron chi connectivity index (χ4n) is 3.02.